The number of aliphatic hydroxyl groups excluding tert-OH is 1. The maximum absolute atomic E-state index is 12.6. The molecule has 0 fully saturated rings. The Kier molecular flexibility index (Phi) is 5.06. The first-order valence-corrected chi connectivity index (χ1v) is 7.67. The van der Waals surface area contributed by atoms with Gasteiger partial charge in [-0.05, 0) is 38.5 Å². The largest absolute Gasteiger partial charge is 0.394 e. The zero-order valence-electron chi connectivity index (χ0n) is 13.7. The van der Waals surface area contributed by atoms with Crippen molar-refractivity contribution in [1.82, 2.24) is 19.7 Å². The van der Waals surface area contributed by atoms with E-state index in [1.807, 2.05) is 20.8 Å². The molecule has 1 N–H and O–H groups in total. The molecule has 1 unspecified atom stereocenters. The number of carbonyl (C=O) groups is 1. The maximum Gasteiger partial charge on any atom is 0.293 e. The van der Waals surface area contributed by atoms with Crippen LogP contribution in [0.5, 0.6) is 0 Å². The minimum Gasteiger partial charge on any atom is -0.394 e. The third-order valence-corrected chi connectivity index (χ3v) is 3.84. The van der Waals surface area contributed by atoms with Crippen LogP contribution in [0.25, 0.3) is 0 Å². The number of aliphatic hydroxyl groups is 1. The summed E-state index contributed by atoms with van der Waals surface area (Å²) < 4.78 is 1.64. The van der Waals surface area contributed by atoms with Crippen molar-refractivity contribution in [3.05, 3.63) is 47.0 Å². The van der Waals surface area contributed by atoms with E-state index in [1.54, 1.807) is 36.0 Å². The summed E-state index contributed by atoms with van der Waals surface area (Å²) >= 11 is 5.88. The third kappa shape index (κ3) is 3.89. The molecule has 7 heteroatoms. The molecule has 0 aliphatic heterocycles. The normalized spacial score (nSPS) is 13.0. The Morgan fingerprint density at radius 3 is 2.43 bits per heavy atom. The van der Waals surface area contributed by atoms with E-state index in [9.17, 15) is 9.90 Å². The number of hydrogen-bond acceptors (Lipinski definition) is 4. The number of carbonyl (C=O) groups excluding carboxylic acids is 1. The topological polar surface area (TPSA) is 71.2 Å². The molecule has 1 heterocycles. The van der Waals surface area contributed by atoms with Crippen molar-refractivity contribution in [2.75, 3.05) is 13.7 Å². The molecule has 23 heavy (non-hydrogen) atoms. The average Bonchev–Trinajstić information content (AvgIpc) is 2.99. The highest BCUT2D eigenvalue weighted by Gasteiger charge is 2.26. The number of likely N-dealkylation sites (N-methyl/N-ethyl adjacent to an activating group) is 1. The fraction of sp³-hybridized carbons (Fsp3) is 0.438. The number of benzene rings is 1. The first-order chi connectivity index (χ1) is 10.7. The van der Waals surface area contributed by atoms with Crippen LogP contribution in [-0.2, 0) is 5.54 Å². The number of amides is 1. The molecule has 1 aromatic carbocycles. The lowest BCUT2D eigenvalue weighted by Crippen LogP contribution is -2.34. The Balaban J connectivity index is 2.23. The van der Waals surface area contributed by atoms with Gasteiger partial charge in [-0.3, -0.25) is 4.79 Å². The van der Waals surface area contributed by atoms with Gasteiger partial charge in [-0.1, -0.05) is 23.7 Å². The fourth-order valence-electron chi connectivity index (χ4n) is 2.12. The Labute approximate surface area is 140 Å². The smallest absolute Gasteiger partial charge is 0.293 e. The van der Waals surface area contributed by atoms with Gasteiger partial charge in [0.1, 0.15) is 6.33 Å². The Hall–Kier alpha value is -1.92. The van der Waals surface area contributed by atoms with Crippen molar-refractivity contribution < 1.29 is 9.90 Å². The van der Waals surface area contributed by atoms with Gasteiger partial charge in [0.25, 0.3) is 5.91 Å². The minimum atomic E-state index is -0.485. The molecule has 124 valence electrons. The number of rotatable bonds is 4. The van der Waals surface area contributed by atoms with Gasteiger partial charge in [-0.15, -0.1) is 5.10 Å². The van der Waals surface area contributed by atoms with Crippen LogP contribution in [0.4, 0.5) is 0 Å². The minimum absolute atomic E-state index is 0.106. The molecule has 6 nitrogen and oxygen atoms in total. The molecule has 1 amide bonds. The number of hydrogen-bond donors (Lipinski definition) is 1. The van der Waals surface area contributed by atoms with Crippen LogP contribution in [0, 0.1) is 0 Å². The van der Waals surface area contributed by atoms with Crippen LogP contribution in [0.15, 0.2) is 30.6 Å². The number of halogens is 1. The Morgan fingerprint density at radius 2 is 1.96 bits per heavy atom. The molecule has 1 atom stereocenters. The van der Waals surface area contributed by atoms with Gasteiger partial charge in [0.2, 0.25) is 5.82 Å². The summed E-state index contributed by atoms with van der Waals surface area (Å²) in [4.78, 5) is 18.1. The summed E-state index contributed by atoms with van der Waals surface area (Å²) in [5.41, 5.74) is 0.541. The number of aromatic nitrogens is 3. The van der Waals surface area contributed by atoms with Gasteiger partial charge in [0, 0.05) is 12.1 Å². The van der Waals surface area contributed by atoms with Gasteiger partial charge < -0.3 is 10.0 Å². The zero-order valence-corrected chi connectivity index (χ0v) is 14.4. The summed E-state index contributed by atoms with van der Waals surface area (Å²) in [5, 5.41) is 14.5. The molecule has 0 aliphatic carbocycles. The first kappa shape index (κ1) is 17.4. The highest BCUT2D eigenvalue weighted by atomic mass is 35.5. The standard InChI is InChI=1S/C16H21ClN4O2/c1-16(2,3)21-10-18-14(19-21)15(23)20(4)13(9-22)11-5-7-12(17)8-6-11/h5-8,10,13,22H,9H2,1-4H3. The molecular weight excluding hydrogens is 316 g/mol. The van der Waals surface area contributed by atoms with E-state index in [-0.39, 0.29) is 23.9 Å². The predicted molar refractivity (Wildman–Crippen MR) is 88.4 cm³/mol. The average molecular weight is 337 g/mol. The molecular formula is C16H21ClN4O2. The quantitative estimate of drug-likeness (QED) is 0.931. The van der Waals surface area contributed by atoms with Crippen molar-refractivity contribution in [2.45, 2.75) is 32.4 Å². The van der Waals surface area contributed by atoms with Crippen LogP contribution in [0.2, 0.25) is 5.02 Å². The summed E-state index contributed by atoms with van der Waals surface area (Å²) in [6.07, 6.45) is 1.54. The van der Waals surface area contributed by atoms with E-state index in [1.165, 1.54) is 11.2 Å². The summed E-state index contributed by atoms with van der Waals surface area (Å²) in [6.45, 7) is 5.72. The highest BCUT2D eigenvalue weighted by Crippen LogP contribution is 2.22. The van der Waals surface area contributed by atoms with Crippen molar-refractivity contribution >= 4 is 17.5 Å². The molecule has 0 bridgehead atoms. The van der Waals surface area contributed by atoms with Crippen molar-refractivity contribution in [1.29, 1.82) is 0 Å². The molecule has 0 saturated heterocycles. The van der Waals surface area contributed by atoms with E-state index >= 15 is 0 Å². The SMILES string of the molecule is CN(C(=O)c1ncn(C(C)(C)C)n1)C(CO)c1ccc(Cl)cc1. The van der Waals surface area contributed by atoms with E-state index in [4.69, 9.17) is 11.6 Å². The maximum atomic E-state index is 12.6. The second-order valence-corrected chi connectivity index (χ2v) is 6.79. The van der Waals surface area contributed by atoms with Crippen molar-refractivity contribution in [2.24, 2.45) is 0 Å². The molecule has 0 aliphatic rings. The van der Waals surface area contributed by atoms with Gasteiger partial charge in [0.15, 0.2) is 0 Å². The lowest BCUT2D eigenvalue weighted by molar-refractivity contribution is 0.0645. The monoisotopic (exact) mass is 336 g/mol. The van der Waals surface area contributed by atoms with Crippen LogP contribution < -0.4 is 0 Å². The van der Waals surface area contributed by atoms with E-state index < -0.39 is 6.04 Å². The predicted octanol–water partition coefficient (Wildman–Crippen LogP) is 2.49. The summed E-state index contributed by atoms with van der Waals surface area (Å²) in [7, 11) is 1.62. The Morgan fingerprint density at radius 1 is 1.35 bits per heavy atom. The van der Waals surface area contributed by atoms with Gasteiger partial charge >= 0.3 is 0 Å². The molecule has 0 spiro atoms. The first-order valence-electron chi connectivity index (χ1n) is 7.29. The summed E-state index contributed by atoms with van der Waals surface area (Å²) in [6, 6.07) is 6.54. The van der Waals surface area contributed by atoms with Crippen LogP contribution in [0.3, 0.4) is 0 Å². The molecule has 2 aromatic rings. The van der Waals surface area contributed by atoms with Gasteiger partial charge in [-0.25, -0.2) is 9.67 Å². The molecule has 1 aromatic heterocycles. The highest BCUT2D eigenvalue weighted by molar-refractivity contribution is 6.30. The lowest BCUT2D eigenvalue weighted by Gasteiger charge is -2.26. The second-order valence-electron chi connectivity index (χ2n) is 6.35. The van der Waals surface area contributed by atoms with Crippen LogP contribution >= 0.6 is 11.6 Å². The second kappa shape index (κ2) is 6.68. The van der Waals surface area contributed by atoms with Crippen molar-refractivity contribution in [3.8, 4) is 0 Å². The lowest BCUT2D eigenvalue weighted by atomic mass is 10.1. The molecule has 0 saturated carbocycles. The van der Waals surface area contributed by atoms with Gasteiger partial charge in [-0.2, -0.15) is 0 Å². The third-order valence-electron chi connectivity index (χ3n) is 3.59. The summed E-state index contributed by atoms with van der Waals surface area (Å²) in [5.74, 6) is -0.239. The van der Waals surface area contributed by atoms with Gasteiger partial charge in [0.05, 0.1) is 18.2 Å². The fourth-order valence-corrected chi connectivity index (χ4v) is 2.25. The van der Waals surface area contributed by atoms with E-state index in [2.05, 4.69) is 10.1 Å². The van der Waals surface area contributed by atoms with Crippen LogP contribution in [-0.4, -0.2) is 44.3 Å². The van der Waals surface area contributed by atoms with E-state index in [0.29, 0.717) is 5.02 Å². The molecule has 0 radical (unpaired) electrons. The van der Waals surface area contributed by atoms with Crippen molar-refractivity contribution in [3.63, 3.8) is 0 Å². The van der Waals surface area contributed by atoms with Crippen LogP contribution in [0.1, 0.15) is 43.0 Å². The Bertz CT molecular complexity index is 676. The van der Waals surface area contributed by atoms with E-state index in [0.717, 1.165) is 5.56 Å². The zero-order chi connectivity index (χ0) is 17.2. The molecule has 2 rings (SSSR count). The number of nitrogens with zero attached hydrogens (tertiary/aromatic N) is 4.